The van der Waals surface area contributed by atoms with Gasteiger partial charge in [0.1, 0.15) is 6.54 Å². The minimum Gasteiger partial charge on any atom is -0.480 e. The molecule has 0 heterocycles. The fraction of sp³-hybridized carbons (Fsp3) is 0.417. The zero-order chi connectivity index (χ0) is 16.4. The van der Waals surface area contributed by atoms with Crippen LogP contribution in [0.15, 0.2) is 29.2 Å². The number of carboxylic acids is 1. The van der Waals surface area contributed by atoms with Crippen LogP contribution in [-0.4, -0.2) is 37.6 Å². The van der Waals surface area contributed by atoms with Gasteiger partial charge in [-0.2, -0.15) is 13.2 Å². The number of aliphatic carboxylic acids is 1. The van der Waals surface area contributed by atoms with Gasteiger partial charge in [-0.05, 0) is 26.0 Å². The summed E-state index contributed by atoms with van der Waals surface area (Å²) in [4.78, 5) is 11.0. The lowest BCUT2D eigenvalue weighted by atomic mass is 10.2. The zero-order valence-corrected chi connectivity index (χ0v) is 12.1. The topological polar surface area (TPSA) is 74.7 Å². The van der Waals surface area contributed by atoms with E-state index in [1.807, 2.05) is 0 Å². The summed E-state index contributed by atoms with van der Waals surface area (Å²) in [5.74, 6) is -1.28. The van der Waals surface area contributed by atoms with E-state index in [9.17, 15) is 26.4 Å². The Morgan fingerprint density at radius 2 is 1.81 bits per heavy atom. The summed E-state index contributed by atoms with van der Waals surface area (Å²) in [6.07, 6.45) is 0. The molecule has 0 saturated heterocycles. The van der Waals surface area contributed by atoms with Crippen LogP contribution in [0.3, 0.4) is 0 Å². The van der Waals surface area contributed by atoms with Gasteiger partial charge in [-0.1, -0.05) is 12.1 Å². The summed E-state index contributed by atoms with van der Waals surface area (Å²) in [5, 5.41) is 8.83. The van der Waals surface area contributed by atoms with E-state index in [4.69, 9.17) is 5.11 Å². The molecular weight excluding hydrogens is 311 g/mol. The number of carboxylic acid groups (broad SMARTS) is 1. The first kappa shape index (κ1) is 17.3. The number of hydrogen-bond acceptors (Lipinski definition) is 4. The van der Waals surface area contributed by atoms with Crippen molar-refractivity contribution in [3.63, 3.8) is 0 Å². The van der Waals surface area contributed by atoms with Gasteiger partial charge in [-0.15, -0.1) is 0 Å². The molecule has 0 bridgehead atoms. The smallest absolute Gasteiger partial charge is 0.480 e. The van der Waals surface area contributed by atoms with E-state index in [0.29, 0.717) is 0 Å². The third kappa shape index (κ3) is 3.66. The summed E-state index contributed by atoms with van der Waals surface area (Å²) < 4.78 is 61.3. The number of halogens is 3. The fourth-order valence-electron chi connectivity index (χ4n) is 1.74. The molecule has 0 fully saturated rings. The first-order chi connectivity index (χ1) is 9.48. The predicted molar refractivity (Wildman–Crippen MR) is 69.8 cm³/mol. The van der Waals surface area contributed by atoms with Crippen LogP contribution in [0.25, 0.3) is 0 Å². The van der Waals surface area contributed by atoms with Gasteiger partial charge in [0, 0.05) is 6.04 Å². The molecule has 0 aliphatic heterocycles. The summed E-state index contributed by atoms with van der Waals surface area (Å²) in [6.45, 7) is 2.50. The number of sulfone groups is 1. The number of nitrogens with zero attached hydrogens (tertiary/aromatic N) is 1. The van der Waals surface area contributed by atoms with Crippen LogP contribution in [0.5, 0.6) is 0 Å². The van der Waals surface area contributed by atoms with Crippen molar-refractivity contribution in [2.24, 2.45) is 0 Å². The van der Waals surface area contributed by atoms with Gasteiger partial charge in [-0.25, -0.2) is 8.42 Å². The third-order valence-corrected chi connectivity index (χ3v) is 4.23. The summed E-state index contributed by atoms with van der Waals surface area (Å²) in [7, 11) is -5.56. The van der Waals surface area contributed by atoms with E-state index in [1.165, 1.54) is 6.07 Å². The van der Waals surface area contributed by atoms with Crippen molar-refractivity contribution in [3.05, 3.63) is 24.3 Å². The molecule has 1 aromatic rings. The van der Waals surface area contributed by atoms with E-state index >= 15 is 0 Å². The maximum absolute atomic E-state index is 12.7. The lowest BCUT2D eigenvalue weighted by Crippen LogP contribution is -2.37. The van der Waals surface area contributed by atoms with Gasteiger partial charge in [0.2, 0.25) is 0 Å². The Morgan fingerprint density at radius 1 is 1.29 bits per heavy atom. The molecule has 0 atom stereocenters. The van der Waals surface area contributed by atoms with Crippen molar-refractivity contribution < 1.29 is 31.5 Å². The van der Waals surface area contributed by atoms with Crippen molar-refractivity contribution in [1.29, 1.82) is 0 Å². The molecule has 5 nitrogen and oxygen atoms in total. The quantitative estimate of drug-likeness (QED) is 0.899. The number of para-hydroxylation sites is 1. The molecule has 1 rings (SSSR count). The molecule has 0 saturated carbocycles. The number of alkyl halides is 3. The molecule has 0 radical (unpaired) electrons. The van der Waals surface area contributed by atoms with Gasteiger partial charge >= 0.3 is 11.5 Å². The standard InChI is InChI=1S/C12H14F3NO4S/c1-8(2)16(7-11(17)18)9-5-3-4-6-10(9)21(19,20)12(13,14)15/h3-6,8H,7H2,1-2H3,(H,17,18). The molecule has 0 amide bonds. The predicted octanol–water partition coefficient (Wildman–Crippen LogP) is 2.28. The first-order valence-corrected chi connectivity index (χ1v) is 7.35. The van der Waals surface area contributed by atoms with Gasteiger partial charge in [-0.3, -0.25) is 4.79 Å². The highest BCUT2D eigenvalue weighted by atomic mass is 32.2. The highest BCUT2D eigenvalue weighted by Gasteiger charge is 2.48. The highest BCUT2D eigenvalue weighted by Crippen LogP contribution is 2.36. The normalized spacial score (nSPS) is 12.5. The van der Waals surface area contributed by atoms with Gasteiger partial charge in [0.15, 0.2) is 0 Å². The molecule has 9 heteroatoms. The van der Waals surface area contributed by atoms with Crippen molar-refractivity contribution in [1.82, 2.24) is 0 Å². The minimum atomic E-state index is -5.56. The van der Waals surface area contributed by atoms with Gasteiger partial charge in [0.25, 0.3) is 9.84 Å². The fourth-order valence-corrected chi connectivity index (χ4v) is 2.71. The number of hydrogen-bond donors (Lipinski definition) is 1. The van der Waals surface area contributed by atoms with Crippen molar-refractivity contribution >= 4 is 21.5 Å². The van der Waals surface area contributed by atoms with Crippen molar-refractivity contribution in [3.8, 4) is 0 Å². The molecule has 0 aliphatic rings. The van der Waals surface area contributed by atoms with Crippen LogP contribution in [0.2, 0.25) is 0 Å². The molecule has 21 heavy (non-hydrogen) atoms. The Kier molecular flexibility index (Phi) is 4.87. The Balaban J connectivity index is 3.49. The maximum atomic E-state index is 12.7. The largest absolute Gasteiger partial charge is 0.501 e. The number of rotatable bonds is 5. The molecule has 1 N–H and O–H groups in total. The van der Waals surface area contributed by atoms with E-state index in [2.05, 4.69) is 0 Å². The second-order valence-corrected chi connectivity index (χ2v) is 6.44. The van der Waals surface area contributed by atoms with E-state index in [-0.39, 0.29) is 5.69 Å². The van der Waals surface area contributed by atoms with Gasteiger partial charge < -0.3 is 10.0 Å². The minimum absolute atomic E-state index is 0.285. The van der Waals surface area contributed by atoms with Crippen LogP contribution in [0.1, 0.15) is 13.8 Å². The van der Waals surface area contributed by atoms with Crippen molar-refractivity contribution in [2.45, 2.75) is 30.3 Å². The Morgan fingerprint density at radius 3 is 2.24 bits per heavy atom. The highest BCUT2D eigenvalue weighted by molar-refractivity contribution is 7.92. The lowest BCUT2D eigenvalue weighted by molar-refractivity contribution is -0.135. The third-order valence-electron chi connectivity index (χ3n) is 2.70. The average molecular weight is 325 g/mol. The zero-order valence-electron chi connectivity index (χ0n) is 11.3. The number of benzene rings is 1. The average Bonchev–Trinajstić information content (AvgIpc) is 2.34. The molecule has 0 aromatic heterocycles. The van der Waals surface area contributed by atoms with Crippen molar-refractivity contribution in [2.75, 3.05) is 11.4 Å². The molecule has 118 valence electrons. The summed E-state index contributed by atoms with van der Waals surface area (Å²) in [6, 6.07) is 3.98. The number of anilines is 1. The number of carbonyl (C=O) groups is 1. The van der Waals surface area contributed by atoms with Crippen LogP contribution < -0.4 is 4.90 Å². The molecule has 1 aromatic carbocycles. The van der Waals surface area contributed by atoms with Crippen LogP contribution in [-0.2, 0) is 14.6 Å². The Labute approximate surface area is 119 Å². The molecule has 0 spiro atoms. The maximum Gasteiger partial charge on any atom is 0.501 e. The van der Waals surface area contributed by atoms with Gasteiger partial charge in [0.05, 0.1) is 10.6 Å². The first-order valence-electron chi connectivity index (χ1n) is 5.87. The molecule has 0 aliphatic carbocycles. The van der Waals surface area contributed by atoms with E-state index < -0.39 is 38.8 Å². The SMILES string of the molecule is CC(C)N(CC(=O)O)c1ccccc1S(=O)(=O)C(F)(F)F. The summed E-state index contributed by atoms with van der Waals surface area (Å²) >= 11 is 0. The van der Waals surface area contributed by atoms with E-state index in [1.54, 1.807) is 13.8 Å². The molecule has 0 unspecified atom stereocenters. The van der Waals surface area contributed by atoms with Crippen LogP contribution in [0, 0.1) is 0 Å². The second-order valence-electron chi connectivity index (χ2n) is 4.53. The van der Waals surface area contributed by atoms with Crippen LogP contribution in [0.4, 0.5) is 18.9 Å². The Hall–Kier alpha value is -1.77. The monoisotopic (exact) mass is 325 g/mol. The molecular formula is C12H14F3NO4S. The van der Waals surface area contributed by atoms with Crippen LogP contribution >= 0.6 is 0 Å². The Bertz CT molecular complexity index is 626. The lowest BCUT2D eigenvalue weighted by Gasteiger charge is -2.29. The van der Waals surface area contributed by atoms with E-state index in [0.717, 1.165) is 23.1 Å². The summed E-state index contributed by atoms with van der Waals surface area (Å²) in [5.41, 5.74) is -5.73. The second kappa shape index (κ2) is 5.92.